The second-order valence-corrected chi connectivity index (χ2v) is 6.03. The Kier molecular flexibility index (Phi) is 4.62. The molecule has 1 saturated heterocycles. The number of aromatic amines is 1. The van der Waals surface area contributed by atoms with E-state index in [1.54, 1.807) is 0 Å². The van der Waals surface area contributed by atoms with Crippen LogP contribution in [0, 0.1) is 17.6 Å². The monoisotopic (exact) mass is 353 g/mol. The van der Waals surface area contributed by atoms with E-state index in [-0.39, 0.29) is 10.6 Å². The minimum atomic E-state index is -0.717. The molecule has 1 N–H and O–H groups in total. The maximum atomic E-state index is 13.8. The summed E-state index contributed by atoms with van der Waals surface area (Å²) >= 11 is 5.98. The number of Topliss-reactive ketones (excluding diaryl/α,β-unsaturated/α-hetero) is 1. The topological polar surface area (TPSA) is 66.1 Å². The minimum Gasteiger partial charge on any atom is -0.369 e. The summed E-state index contributed by atoms with van der Waals surface area (Å²) in [6.45, 7) is 0.941. The molecule has 1 aromatic carbocycles. The molecule has 0 saturated carbocycles. The first-order valence-corrected chi connectivity index (χ1v) is 7.82. The number of H-pyrrole nitrogens is 1. The van der Waals surface area contributed by atoms with Crippen LogP contribution in [0.5, 0.6) is 0 Å². The number of aromatic nitrogens is 2. The molecule has 0 radical (unpaired) electrons. The summed E-state index contributed by atoms with van der Waals surface area (Å²) in [6.07, 6.45) is 2.37. The Morgan fingerprint density at radius 1 is 1.29 bits per heavy atom. The van der Waals surface area contributed by atoms with Crippen molar-refractivity contribution in [1.29, 1.82) is 0 Å². The minimum absolute atomic E-state index is 0.0472. The van der Waals surface area contributed by atoms with E-state index in [4.69, 9.17) is 11.6 Å². The first-order valence-electron chi connectivity index (χ1n) is 7.44. The van der Waals surface area contributed by atoms with Crippen LogP contribution < -0.4 is 10.5 Å². The molecule has 0 atom stereocenters. The third kappa shape index (κ3) is 3.17. The van der Waals surface area contributed by atoms with Gasteiger partial charge in [-0.25, -0.2) is 13.9 Å². The van der Waals surface area contributed by atoms with Crippen LogP contribution in [-0.4, -0.2) is 29.1 Å². The lowest BCUT2D eigenvalue weighted by molar-refractivity contribution is 0.0896. The molecule has 24 heavy (non-hydrogen) atoms. The Balaban J connectivity index is 1.73. The molecule has 1 aliphatic rings. The lowest BCUT2D eigenvalue weighted by Gasteiger charge is -2.33. The molecule has 1 fully saturated rings. The molecule has 126 valence electrons. The Morgan fingerprint density at radius 2 is 2.00 bits per heavy atom. The fraction of sp³-hybridized carbons (Fsp3) is 0.312. The number of carbonyl (C=O) groups excluding carboxylic acids is 1. The molecule has 3 rings (SSSR count). The van der Waals surface area contributed by atoms with Gasteiger partial charge >= 0.3 is 0 Å². The molecule has 8 heteroatoms. The van der Waals surface area contributed by atoms with E-state index in [1.165, 1.54) is 6.20 Å². The van der Waals surface area contributed by atoms with Gasteiger partial charge in [-0.05, 0) is 31.0 Å². The van der Waals surface area contributed by atoms with Gasteiger partial charge in [0.15, 0.2) is 5.78 Å². The molecule has 2 heterocycles. The molecule has 0 unspecified atom stereocenters. The van der Waals surface area contributed by atoms with Gasteiger partial charge in [-0.2, -0.15) is 5.10 Å². The van der Waals surface area contributed by atoms with Crippen LogP contribution in [0.3, 0.4) is 0 Å². The molecule has 0 aliphatic carbocycles. The predicted molar refractivity (Wildman–Crippen MR) is 85.5 cm³/mol. The summed E-state index contributed by atoms with van der Waals surface area (Å²) in [6, 6.07) is 2.87. The lowest BCUT2D eigenvalue weighted by atomic mass is 9.88. The number of halogens is 3. The number of rotatable bonds is 3. The highest BCUT2D eigenvalue weighted by Crippen LogP contribution is 2.28. The van der Waals surface area contributed by atoms with Crippen molar-refractivity contribution in [3.63, 3.8) is 0 Å². The van der Waals surface area contributed by atoms with E-state index in [9.17, 15) is 18.4 Å². The van der Waals surface area contributed by atoms with Crippen molar-refractivity contribution in [3.8, 4) is 0 Å². The van der Waals surface area contributed by atoms with Crippen LogP contribution in [0.15, 0.2) is 29.2 Å². The van der Waals surface area contributed by atoms with Crippen LogP contribution in [0.25, 0.3) is 0 Å². The molecular formula is C16H14ClF2N3O2. The first-order chi connectivity index (χ1) is 11.5. The smallest absolute Gasteiger partial charge is 0.285 e. The van der Waals surface area contributed by atoms with E-state index >= 15 is 0 Å². The van der Waals surface area contributed by atoms with Gasteiger partial charge in [0.05, 0.1) is 17.4 Å². The normalized spacial score (nSPS) is 15.5. The number of nitrogens with one attached hydrogen (secondary N) is 1. The summed E-state index contributed by atoms with van der Waals surface area (Å²) in [5.74, 6) is -2.16. The summed E-state index contributed by atoms with van der Waals surface area (Å²) in [4.78, 5) is 25.8. The van der Waals surface area contributed by atoms with Gasteiger partial charge in [-0.3, -0.25) is 9.59 Å². The quantitative estimate of drug-likeness (QED) is 0.862. The van der Waals surface area contributed by atoms with Crippen molar-refractivity contribution in [2.24, 2.45) is 5.92 Å². The van der Waals surface area contributed by atoms with Crippen molar-refractivity contribution >= 4 is 23.1 Å². The molecule has 2 aromatic rings. The highest BCUT2D eigenvalue weighted by atomic mass is 35.5. The van der Waals surface area contributed by atoms with Crippen LogP contribution in [0.2, 0.25) is 5.02 Å². The average Bonchev–Trinajstić information content (AvgIpc) is 2.59. The molecule has 0 spiro atoms. The highest BCUT2D eigenvalue weighted by molar-refractivity contribution is 6.33. The Labute approximate surface area is 141 Å². The molecule has 5 nitrogen and oxygen atoms in total. The molecule has 1 aliphatic heterocycles. The van der Waals surface area contributed by atoms with Gasteiger partial charge in [0.1, 0.15) is 16.7 Å². The van der Waals surface area contributed by atoms with Crippen LogP contribution >= 0.6 is 11.6 Å². The third-order valence-electron chi connectivity index (χ3n) is 4.18. The number of hydrogen-bond acceptors (Lipinski definition) is 4. The van der Waals surface area contributed by atoms with Crippen molar-refractivity contribution in [1.82, 2.24) is 10.2 Å². The summed E-state index contributed by atoms with van der Waals surface area (Å²) in [7, 11) is 0. The zero-order valence-electron chi connectivity index (χ0n) is 12.6. The van der Waals surface area contributed by atoms with Crippen molar-refractivity contribution in [2.45, 2.75) is 12.8 Å². The fourth-order valence-electron chi connectivity index (χ4n) is 2.88. The van der Waals surface area contributed by atoms with Gasteiger partial charge in [0.25, 0.3) is 5.56 Å². The second kappa shape index (κ2) is 6.68. The van der Waals surface area contributed by atoms with E-state index in [2.05, 4.69) is 10.2 Å². The average molecular weight is 354 g/mol. The molecular weight excluding hydrogens is 340 g/mol. The molecule has 0 amide bonds. The van der Waals surface area contributed by atoms with Crippen molar-refractivity contribution < 1.29 is 13.6 Å². The lowest BCUT2D eigenvalue weighted by Crippen LogP contribution is -2.37. The van der Waals surface area contributed by atoms with Crippen LogP contribution in [0.4, 0.5) is 14.5 Å². The maximum Gasteiger partial charge on any atom is 0.285 e. The van der Waals surface area contributed by atoms with Crippen molar-refractivity contribution in [2.75, 3.05) is 18.0 Å². The number of carbonyl (C=O) groups is 1. The zero-order valence-corrected chi connectivity index (χ0v) is 13.3. The van der Waals surface area contributed by atoms with Gasteiger partial charge in [-0.1, -0.05) is 11.6 Å². The van der Waals surface area contributed by atoms with E-state index < -0.39 is 28.9 Å². The largest absolute Gasteiger partial charge is 0.369 e. The zero-order chi connectivity index (χ0) is 17.3. The van der Waals surface area contributed by atoms with Gasteiger partial charge in [-0.15, -0.1) is 0 Å². The standard InChI is InChI=1S/C16H14ClF2N3O2/c17-14-13(8-20-21-16(14)24)22-5-3-9(4-6-22)15(23)11-7-10(18)1-2-12(11)19/h1-2,7-9H,3-6H2,(H,21,24). The number of anilines is 1. The third-order valence-corrected chi connectivity index (χ3v) is 4.54. The van der Waals surface area contributed by atoms with Crippen LogP contribution in [0.1, 0.15) is 23.2 Å². The van der Waals surface area contributed by atoms with Crippen molar-refractivity contribution in [3.05, 3.63) is 57.0 Å². The Hall–Kier alpha value is -2.28. The Morgan fingerprint density at radius 3 is 2.71 bits per heavy atom. The fourth-order valence-corrected chi connectivity index (χ4v) is 3.09. The van der Waals surface area contributed by atoms with E-state index in [0.717, 1.165) is 18.2 Å². The maximum absolute atomic E-state index is 13.8. The SMILES string of the molecule is O=C(c1cc(F)ccc1F)C1CCN(c2cn[nH]c(=O)c2Cl)CC1. The molecule has 1 aromatic heterocycles. The van der Waals surface area contributed by atoms with Crippen LogP contribution in [-0.2, 0) is 0 Å². The van der Waals surface area contributed by atoms with Gasteiger partial charge in [0.2, 0.25) is 0 Å². The van der Waals surface area contributed by atoms with E-state index in [0.29, 0.717) is 31.6 Å². The van der Waals surface area contributed by atoms with Gasteiger partial charge < -0.3 is 4.90 Å². The summed E-state index contributed by atoms with van der Waals surface area (Å²) in [5, 5.41) is 6.01. The number of ketones is 1. The summed E-state index contributed by atoms with van der Waals surface area (Å²) < 4.78 is 27.0. The summed E-state index contributed by atoms with van der Waals surface area (Å²) in [5.41, 5.74) is -0.193. The van der Waals surface area contributed by atoms with E-state index in [1.807, 2.05) is 4.90 Å². The number of nitrogens with zero attached hydrogens (tertiary/aromatic N) is 2. The number of piperidine rings is 1. The number of hydrogen-bond donors (Lipinski definition) is 1. The van der Waals surface area contributed by atoms with Gasteiger partial charge in [0, 0.05) is 19.0 Å². The number of benzene rings is 1. The highest BCUT2D eigenvalue weighted by Gasteiger charge is 2.28. The Bertz CT molecular complexity index is 832. The predicted octanol–water partition coefficient (Wildman–Crippen LogP) is 2.80. The second-order valence-electron chi connectivity index (χ2n) is 5.65. The molecule has 0 bridgehead atoms. The first kappa shape index (κ1) is 16.6.